The number of esters is 1. The van der Waals surface area contributed by atoms with Crippen LogP contribution < -0.4 is 0 Å². The van der Waals surface area contributed by atoms with Gasteiger partial charge in [0.25, 0.3) is 0 Å². The molecule has 130 valence electrons. The quantitative estimate of drug-likeness (QED) is 0.589. The van der Waals surface area contributed by atoms with Crippen molar-refractivity contribution in [2.24, 2.45) is 11.8 Å². The highest BCUT2D eigenvalue weighted by atomic mass is 16.5. The van der Waals surface area contributed by atoms with Crippen LogP contribution in [0.1, 0.15) is 29.8 Å². The van der Waals surface area contributed by atoms with E-state index in [1.165, 1.54) is 0 Å². The highest BCUT2D eigenvalue weighted by Gasteiger charge is 2.34. The summed E-state index contributed by atoms with van der Waals surface area (Å²) in [5.74, 6) is 0.0835. The van der Waals surface area contributed by atoms with Gasteiger partial charge in [0, 0.05) is 11.8 Å². The Morgan fingerprint density at radius 3 is 2.24 bits per heavy atom. The molecule has 2 aromatic rings. The average molecular weight is 336 g/mol. The van der Waals surface area contributed by atoms with Crippen LogP contribution in [0.3, 0.4) is 0 Å². The van der Waals surface area contributed by atoms with E-state index >= 15 is 0 Å². The van der Waals surface area contributed by atoms with E-state index < -0.39 is 0 Å². The molecular formula is C22H24O3. The Morgan fingerprint density at radius 2 is 1.56 bits per heavy atom. The normalized spacial score (nSPS) is 25.5. The van der Waals surface area contributed by atoms with Crippen molar-refractivity contribution in [3.63, 3.8) is 0 Å². The summed E-state index contributed by atoms with van der Waals surface area (Å²) >= 11 is 0. The van der Waals surface area contributed by atoms with E-state index in [0.29, 0.717) is 12.2 Å². The van der Waals surface area contributed by atoms with Crippen LogP contribution in [0.4, 0.5) is 0 Å². The number of benzene rings is 2. The van der Waals surface area contributed by atoms with Crippen molar-refractivity contribution in [2.75, 3.05) is 0 Å². The molecule has 0 unspecified atom stereocenters. The minimum Gasteiger partial charge on any atom is -0.454 e. The average Bonchev–Trinajstić information content (AvgIpc) is 2.65. The van der Waals surface area contributed by atoms with Gasteiger partial charge in [-0.2, -0.15) is 0 Å². The van der Waals surface area contributed by atoms with E-state index in [0.717, 1.165) is 5.56 Å². The summed E-state index contributed by atoms with van der Waals surface area (Å²) in [6.45, 7) is 4.78. The predicted molar refractivity (Wildman–Crippen MR) is 98.1 cm³/mol. The molecule has 25 heavy (non-hydrogen) atoms. The molecule has 2 aromatic carbocycles. The zero-order valence-electron chi connectivity index (χ0n) is 14.7. The van der Waals surface area contributed by atoms with Gasteiger partial charge in [0.2, 0.25) is 0 Å². The van der Waals surface area contributed by atoms with Gasteiger partial charge in [-0.15, -0.1) is 0 Å². The minimum atomic E-state index is -0.293. The molecule has 0 bridgehead atoms. The van der Waals surface area contributed by atoms with Crippen molar-refractivity contribution in [3.05, 3.63) is 83.9 Å². The number of hydrogen-bond donors (Lipinski definition) is 0. The summed E-state index contributed by atoms with van der Waals surface area (Å²) in [5, 5.41) is 0. The summed E-state index contributed by atoms with van der Waals surface area (Å²) < 4.78 is 11.9. The fourth-order valence-electron chi connectivity index (χ4n) is 3.22. The first-order chi connectivity index (χ1) is 12.1. The smallest absolute Gasteiger partial charge is 0.338 e. The number of rotatable bonds is 5. The Labute approximate surface area is 149 Å². The lowest BCUT2D eigenvalue weighted by Gasteiger charge is -2.35. The van der Waals surface area contributed by atoms with E-state index in [9.17, 15) is 4.79 Å². The van der Waals surface area contributed by atoms with Gasteiger partial charge in [-0.05, 0) is 23.8 Å². The lowest BCUT2D eigenvalue weighted by Crippen LogP contribution is -2.40. The molecule has 0 N–H and O–H groups in total. The number of carbonyl (C=O) groups is 1. The topological polar surface area (TPSA) is 35.5 Å². The van der Waals surface area contributed by atoms with Crippen LogP contribution in [0, 0.1) is 11.8 Å². The zero-order valence-corrected chi connectivity index (χ0v) is 14.7. The second-order valence-electron chi connectivity index (χ2n) is 6.60. The highest BCUT2D eigenvalue weighted by molar-refractivity contribution is 5.89. The maximum absolute atomic E-state index is 12.3. The van der Waals surface area contributed by atoms with Crippen LogP contribution in [-0.2, 0) is 16.1 Å². The molecule has 0 aromatic heterocycles. The Kier molecular flexibility index (Phi) is 5.67. The molecule has 0 saturated carbocycles. The summed E-state index contributed by atoms with van der Waals surface area (Å²) in [7, 11) is 0. The van der Waals surface area contributed by atoms with Crippen molar-refractivity contribution in [3.8, 4) is 0 Å². The molecule has 3 heteroatoms. The van der Waals surface area contributed by atoms with Gasteiger partial charge in [-0.3, -0.25) is 0 Å². The number of hydrogen-bond acceptors (Lipinski definition) is 3. The lowest BCUT2D eigenvalue weighted by molar-refractivity contribution is -0.0587. The molecule has 0 amide bonds. The number of ether oxygens (including phenoxy) is 2. The molecule has 3 rings (SSSR count). The third kappa shape index (κ3) is 4.37. The predicted octanol–water partition coefficient (Wildman–Crippen LogP) is 4.64. The standard InChI is InChI=1S/C22H24O3/c1-16-13-14-20(25-22(23)19-11-7-4-8-12-19)17(2)21(16)24-15-18-9-5-3-6-10-18/h3-14,16-17,20-21H,15H2,1-2H3/t16-,17-,20+,21+/m0/s1. The highest BCUT2D eigenvalue weighted by Crippen LogP contribution is 2.30. The maximum atomic E-state index is 12.3. The van der Waals surface area contributed by atoms with Crippen molar-refractivity contribution >= 4 is 5.97 Å². The first kappa shape index (κ1) is 17.4. The lowest BCUT2D eigenvalue weighted by atomic mass is 9.83. The van der Waals surface area contributed by atoms with Gasteiger partial charge >= 0.3 is 5.97 Å². The van der Waals surface area contributed by atoms with E-state index in [4.69, 9.17) is 9.47 Å². The van der Waals surface area contributed by atoms with Crippen LogP contribution in [0.5, 0.6) is 0 Å². The van der Waals surface area contributed by atoms with Gasteiger partial charge in [-0.25, -0.2) is 4.79 Å². The fourth-order valence-corrected chi connectivity index (χ4v) is 3.22. The molecule has 4 atom stereocenters. The molecule has 0 radical (unpaired) electrons. The van der Waals surface area contributed by atoms with Gasteiger partial charge in [-0.1, -0.05) is 68.5 Å². The summed E-state index contributed by atoms with van der Waals surface area (Å²) in [4.78, 5) is 12.3. The van der Waals surface area contributed by atoms with Gasteiger partial charge in [0.15, 0.2) is 0 Å². The van der Waals surface area contributed by atoms with E-state index in [2.05, 4.69) is 32.1 Å². The zero-order chi connectivity index (χ0) is 17.6. The molecule has 3 nitrogen and oxygen atoms in total. The van der Waals surface area contributed by atoms with E-state index in [1.54, 1.807) is 12.1 Å². The number of carbonyl (C=O) groups excluding carboxylic acids is 1. The first-order valence-electron chi connectivity index (χ1n) is 8.75. The third-order valence-corrected chi connectivity index (χ3v) is 4.70. The Balaban J connectivity index is 1.64. The van der Waals surface area contributed by atoms with Gasteiger partial charge in [0.1, 0.15) is 6.10 Å². The first-order valence-corrected chi connectivity index (χ1v) is 8.75. The minimum absolute atomic E-state index is 0.0128. The molecule has 1 aliphatic rings. The van der Waals surface area contributed by atoms with Gasteiger partial charge in [0.05, 0.1) is 18.3 Å². The molecular weight excluding hydrogens is 312 g/mol. The van der Waals surface area contributed by atoms with Crippen LogP contribution in [-0.4, -0.2) is 18.2 Å². The fraction of sp³-hybridized carbons (Fsp3) is 0.318. The van der Waals surface area contributed by atoms with Crippen molar-refractivity contribution in [2.45, 2.75) is 32.7 Å². The van der Waals surface area contributed by atoms with Crippen molar-refractivity contribution < 1.29 is 14.3 Å². The van der Waals surface area contributed by atoms with E-state index in [1.807, 2.05) is 42.5 Å². The van der Waals surface area contributed by atoms with Crippen LogP contribution in [0.25, 0.3) is 0 Å². The maximum Gasteiger partial charge on any atom is 0.338 e. The Hall–Kier alpha value is -2.39. The SMILES string of the molecule is C[C@@H]1[C@H](OCc2ccccc2)[C@@H](C)C=C[C@H]1OC(=O)c1ccccc1. The van der Waals surface area contributed by atoms with E-state index in [-0.39, 0.29) is 30.0 Å². The summed E-state index contributed by atoms with van der Waals surface area (Å²) in [5.41, 5.74) is 1.72. The van der Waals surface area contributed by atoms with Crippen molar-refractivity contribution in [1.29, 1.82) is 0 Å². The molecule has 1 aliphatic carbocycles. The van der Waals surface area contributed by atoms with Crippen molar-refractivity contribution in [1.82, 2.24) is 0 Å². The summed E-state index contributed by atoms with van der Waals surface area (Å²) in [6, 6.07) is 19.2. The Morgan fingerprint density at radius 1 is 0.920 bits per heavy atom. The molecule has 0 heterocycles. The Bertz CT molecular complexity index is 709. The van der Waals surface area contributed by atoms with Crippen LogP contribution in [0.2, 0.25) is 0 Å². The molecule has 0 spiro atoms. The van der Waals surface area contributed by atoms with Gasteiger partial charge < -0.3 is 9.47 Å². The van der Waals surface area contributed by atoms with Crippen LogP contribution >= 0.6 is 0 Å². The molecule has 0 aliphatic heterocycles. The monoisotopic (exact) mass is 336 g/mol. The third-order valence-electron chi connectivity index (χ3n) is 4.70. The second-order valence-corrected chi connectivity index (χ2v) is 6.60. The molecule has 0 saturated heterocycles. The van der Waals surface area contributed by atoms with Crippen LogP contribution in [0.15, 0.2) is 72.8 Å². The summed E-state index contributed by atoms with van der Waals surface area (Å²) in [6.07, 6.45) is 3.81. The second kappa shape index (κ2) is 8.13. The largest absolute Gasteiger partial charge is 0.454 e. The molecule has 0 fully saturated rings.